The van der Waals surface area contributed by atoms with Crippen molar-refractivity contribution in [3.05, 3.63) is 28.0 Å². The number of methoxy groups -OCH3 is 1. The fraction of sp³-hybridized carbons (Fsp3) is 0.500. The predicted octanol–water partition coefficient (Wildman–Crippen LogP) is 2.89. The quantitative estimate of drug-likeness (QED) is 0.920. The standard InChI is InChI=1S/C12H15BrFNO/c1-15-12(3-4-12)7-8-5-9(13)6-10(14)11(8)16-2/h5-6,15H,3-4,7H2,1-2H3. The van der Waals surface area contributed by atoms with Gasteiger partial charge >= 0.3 is 0 Å². The number of likely N-dealkylation sites (N-methyl/N-ethyl adjacent to an activating group) is 1. The molecule has 1 aromatic carbocycles. The van der Waals surface area contributed by atoms with Crippen LogP contribution in [0.25, 0.3) is 0 Å². The molecule has 0 aliphatic heterocycles. The third kappa shape index (κ3) is 2.23. The lowest BCUT2D eigenvalue weighted by Crippen LogP contribution is -2.29. The molecule has 0 radical (unpaired) electrons. The Labute approximate surface area is 103 Å². The first-order valence-electron chi connectivity index (χ1n) is 5.31. The Bertz CT molecular complexity index is 404. The molecule has 0 bridgehead atoms. The van der Waals surface area contributed by atoms with E-state index in [-0.39, 0.29) is 11.4 Å². The average molecular weight is 288 g/mol. The molecule has 1 aromatic rings. The van der Waals surface area contributed by atoms with Gasteiger partial charge in [0.25, 0.3) is 0 Å². The Kier molecular flexibility index (Phi) is 3.22. The smallest absolute Gasteiger partial charge is 0.166 e. The van der Waals surface area contributed by atoms with E-state index in [4.69, 9.17) is 4.74 Å². The van der Waals surface area contributed by atoms with Gasteiger partial charge in [-0.3, -0.25) is 0 Å². The highest BCUT2D eigenvalue weighted by atomic mass is 79.9. The Morgan fingerprint density at radius 2 is 2.19 bits per heavy atom. The molecule has 0 heterocycles. The molecule has 2 rings (SSSR count). The highest BCUT2D eigenvalue weighted by Crippen LogP contribution is 2.41. The van der Waals surface area contributed by atoms with Crippen LogP contribution in [0.2, 0.25) is 0 Å². The van der Waals surface area contributed by atoms with E-state index in [2.05, 4.69) is 21.2 Å². The molecule has 16 heavy (non-hydrogen) atoms. The molecule has 1 fully saturated rings. The molecule has 4 heteroatoms. The number of hydrogen-bond donors (Lipinski definition) is 1. The highest BCUT2D eigenvalue weighted by molar-refractivity contribution is 9.10. The molecule has 1 N–H and O–H groups in total. The van der Waals surface area contributed by atoms with Crippen molar-refractivity contribution in [3.63, 3.8) is 0 Å². The van der Waals surface area contributed by atoms with Gasteiger partial charge in [0.1, 0.15) is 0 Å². The van der Waals surface area contributed by atoms with Gasteiger partial charge in [-0.05, 0) is 38.4 Å². The van der Waals surface area contributed by atoms with Gasteiger partial charge in [0, 0.05) is 15.6 Å². The van der Waals surface area contributed by atoms with Crippen molar-refractivity contribution in [2.75, 3.05) is 14.2 Å². The van der Waals surface area contributed by atoms with Gasteiger partial charge in [-0.1, -0.05) is 15.9 Å². The topological polar surface area (TPSA) is 21.3 Å². The molecule has 2 nitrogen and oxygen atoms in total. The van der Waals surface area contributed by atoms with Crippen LogP contribution in [0.3, 0.4) is 0 Å². The third-order valence-electron chi connectivity index (χ3n) is 3.20. The van der Waals surface area contributed by atoms with Crippen molar-refractivity contribution in [3.8, 4) is 5.75 Å². The maximum absolute atomic E-state index is 13.6. The van der Waals surface area contributed by atoms with E-state index in [1.165, 1.54) is 13.2 Å². The molecule has 1 saturated carbocycles. The second-order valence-corrected chi connectivity index (χ2v) is 5.20. The van der Waals surface area contributed by atoms with Gasteiger partial charge < -0.3 is 10.1 Å². The molecule has 1 aliphatic carbocycles. The van der Waals surface area contributed by atoms with Crippen LogP contribution in [-0.4, -0.2) is 19.7 Å². The van der Waals surface area contributed by atoms with Crippen LogP contribution in [0.15, 0.2) is 16.6 Å². The van der Waals surface area contributed by atoms with Crippen molar-refractivity contribution < 1.29 is 9.13 Å². The SMILES string of the molecule is CNC1(Cc2cc(Br)cc(F)c2OC)CC1. The summed E-state index contributed by atoms with van der Waals surface area (Å²) in [7, 11) is 3.46. The maximum Gasteiger partial charge on any atom is 0.166 e. The number of hydrogen-bond acceptors (Lipinski definition) is 2. The summed E-state index contributed by atoms with van der Waals surface area (Å²) in [6.45, 7) is 0. The van der Waals surface area contributed by atoms with Crippen molar-refractivity contribution in [2.45, 2.75) is 24.8 Å². The summed E-state index contributed by atoms with van der Waals surface area (Å²) in [5.41, 5.74) is 1.07. The summed E-state index contributed by atoms with van der Waals surface area (Å²) >= 11 is 3.31. The minimum atomic E-state index is -0.307. The second kappa shape index (κ2) is 4.34. The molecule has 0 saturated heterocycles. The normalized spacial score (nSPS) is 17.2. The fourth-order valence-corrected chi connectivity index (χ4v) is 2.48. The zero-order valence-electron chi connectivity index (χ0n) is 9.44. The lowest BCUT2D eigenvalue weighted by Gasteiger charge is -2.17. The Balaban J connectivity index is 2.31. The second-order valence-electron chi connectivity index (χ2n) is 4.29. The first kappa shape index (κ1) is 11.9. The largest absolute Gasteiger partial charge is 0.493 e. The number of halogens is 2. The van der Waals surface area contributed by atoms with Crippen molar-refractivity contribution in [1.82, 2.24) is 5.32 Å². The Morgan fingerprint density at radius 1 is 1.50 bits per heavy atom. The third-order valence-corrected chi connectivity index (χ3v) is 3.66. The number of rotatable bonds is 4. The lowest BCUT2D eigenvalue weighted by molar-refractivity contribution is 0.377. The molecule has 0 unspecified atom stereocenters. The molecule has 0 aromatic heterocycles. The van der Waals surface area contributed by atoms with Gasteiger partial charge in [-0.15, -0.1) is 0 Å². The summed E-state index contributed by atoms with van der Waals surface area (Å²) < 4.78 is 19.5. The highest BCUT2D eigenvalue weighted by Gasteiger charge is 2.41. The van der Waals surface area contributed by atoms with Crippen LogP contribution in [-0.2, 0) is 6.42 Å². The van der Waals surface area contributed by atoms with Crippen LogP contribution in [0.1, 0.15) is 18.4 Å². The summed E-state index contributed by atoms with van der Waals surface area (Å²) in [5.74, 6) is 0.0588. The van der Waals surface area contributed by atoms with Crippen molar-refractivity contribution in [1.29, 1.82) is 0 Å². The van der Waals surface area contributed by atoms with Crippen LogP contribution >= 0.6 is 15.9 Å². The van der Waals surface area contributed by atoms with Crippen molar-refractivity contribution in [2.24, 2.45) is 0 Å². The average Bonchev–Trinajstić information content (AvgIpc) is 2.98. The van der Waals surface area contributed by atoms with Crippen LogP contribution in [0, 0.1) is 5.82 Å². The number of ether oxygens (including phenoxy) is 1. The maximum atomic E-state index is 13.6. The molecular formula is C12H15BrFNO. The van der Waals surface area contributed by atoms with Crippen LogP contribution < -0.4 is 10.1 Å². The molecule has 0 amide bonds. The van der Waals surface area contributed by atoms with E-state index in [1.54, 1.807) is 0 Å². The number of nitrogens with one attached hydrogen (secondary N) is 1. The summed E-state index contributed by atoms with van der Waals surface area (Å²) in [5, 5.41) is 3.30. The van der Waals surface area contributed by atoms with E-state index < -0.39 is 0 Å². The summed E-state index contributed by atoms with van der Waals surface area (Å²) in [4.78, 5) is 0. The minimum absolute atomic E-state index is 0.153. The Morgan fingerprint density at radius 3 is 2.69 bits per heavy atom. The summed E-state index contributed by atoms with van der Waals surface area (Å²) in [6.07, 6.45) is 3.09. The Hall–Kier alpha value is -0.610. The van der Waals surface area contributed by atoms with E-state index in [9.17, 15) is 4.39 Å². The number of benzene rings is 1. The van der Waals surface area contributed by atoms with E-state index in [0.29, 0.717) is 5.75 Å². The zero-order valence-corrected chi connectivity index (χ0v) is 11.0. The van der Waals surface area contributed by atoms with Gasteiger partial charge in [-0.2, -0.15) is 0 Å². The van der Waals surface area contributed by atoms with Gasteiger partial charge in [-0.25, -0.2) is 4.39 Å². The molecular weight excluding hydrogens is 273 g/mol. The van der Waals surface area contributed by atoms with Gasteiger partial charge in [0.2, 0.25) is 0 Å². The van der Waals surface area contributed by atoms with Gasteiger partial charge in [0.05, 0.1) is 7.11 Å². The molecule has 88 valence electrons. The summed E-state index contributed by atoms with van der Waals surface area (Å²) in [6, 6.07) is 3.36. The minimum Gasteiger partial charge on any atom is -0.493 e. The first-order chi connectivity index (χ1) is 7.60. The van der Waals surface area contributed by atoms with Crippen LogP contribution in [0.4, 0.5) is 4.39 Å². The molecule has 1 aliphatic rings. The van der Waals surface area contributed by atoms with Gasteiger partial charge in [0.15, 0.2) is 11.6 Å². The zero-order chi connectivity index (χ0) is 11.8. The van der Waals surface area contributed by atoms with E-state index in [1.807, 2.05) is 13.1 Å². The van der Waals surface area contributed by atoms with Crippen LogP contribution in [0.5, 0.6) is 5.75 Å². The monoisotopic (exact) mass is 287 g/mol. The lowest BCUT2D eigenvalue weighted by atomic mass is 10.0. The van der Waals surface area contributed by atoms with Crippen molar-refractivity contribution >= 4 is 15.9 Å². The van der Waals surface area contributed by atoms with E-state index >= 15 is 0 Å². The first-order valence-corrected chi connectivity index (χ1v) is 6.10. The predicted molar refractivity (Wildman–Crippen MR) is 65.4 cm³/mol. The molecule has 0 atom stereocenters. The fourth-order valence-electron chi connectivity index (χ4n) is 2.00. The van der Waals surface area contributed by atoms with E-state index in [0.717, 1.165) is 29.3 Å². The molecule has 0 spiro atoms.